The maximum absolute atomic E-state index is 15.1. The Morgan fingerprint density at radius 1 is 1.15 bits per heavy atom. The third kappa shape index (κ3) is 6.57. The van der Waals surface area contributed by atoms with Gasteiger partial charge in [-0.15, -0.1) is 0 Å². The predicted molar refractivity (Wildman–Crippen MR) is 136 cm³/mol. The van der Waals surface area contributed by atoms with Gasteiger partial charge in [-0.1, -0.05) is 62.2 Å². The van der Waals surface area contributed by atoms with Crippen LogP contribution in [0.1, 0.15) is 22.3 Å². The number of nitrogens with one attached hydrogen (secondary N) is 1. The standard InChI is InChI=1S/C27H26ClFN2O2/c1-6-8-24(29)26(31-25-14-13-21(33-5)16-23(25)28)22(7-2)18(4)15-17(3)19-9-11-20(12-10-19)27(30)32/h6-14,16,31H,1-4,15H2,5H3,(H2,30,32)/b24-8+,26-22+. The van der Waals surface area contributed by atoms with Gasteiger partial charge in [0.05, 0.1) is 23.5 Å². The van der Waals surface area contributed by atoms with Crippen LogP contribution >= 0.6 is 11.6 Å². The summed E-state index contributed by atoms with van der Waals surface area (Å²) in [5.41, 5.74) is 8.87. The Morgan fingerprint density at radius 2 is 1.79 bits per heavy atom. The number of nitrogens with two attached hydrogens (primary N) is 1. The maximum atomic E-state index is 15.1. The third-order valence-corrected chi connectivity index (χ3v) is 5.11. The Morgan fingerprint density at radius 3 is 2.30 bits per heavy atom. The van der Waals surface area contributed by atoms with Crippen molar-refractivity contribution < 1.29 is 13.9 Å². The van der Waals surface area contributed by atoms with Crippen molar-refractivity contribution in [1.82, 2.24) is 0 Å². The molecule has 0 unspecified atom stereocenters. The average Bonchev–Trinajstić information content (AvgIpc) is 2.79. The maximum Gasteiger partial charge on any atom is 0.248 e. The molecule has 2 aromatic carbocycles. The Hall–Kier alpha value is -3.83. The molecule has 0 spiro atoms. The number of allylic oxidation sites excluding steroid dienone is 7. The molecule has 0 atom stereocenters. The lowest BCUT2D eigenvalue weighted by Gasteiger charge is -2.18. The fourth-order valence-electron chi connectivity index (χ4n) is 3.05. The molecule has 0 fully saturated rings. The number of rotatable bonds is 11. The van der Waals surface area contributed by atoms with Gasteiger partial charge in [-0.2, -0.15) is 0 Å². The van der Waals surface area contributed by atoms with Crippen molar-refractivity contribution in [1.29, 1.82) is 0 Å². The molecule has 4 nitrogen and oxygen atoms in total. The van der Waals surface area contributed by atoms with Crippen LogP contribution in [0.15, 0.2) is 110 Å². The molecule has 0 saturated carbocycles. The SMILES string of the molecule is C=C/C=C(F)\C(Nc1ccc(OC)cc1Cl)=C(\C=C)C(=C)CC(=C)c1ccc(C(N)=O)cc1. The van der Waals surface area contributed by atoms with Gasteiger partial charge in [0.1, 0.15) is 11.6 Å². The van der Waals surface area contributed by atoms with Crippen molar-refractivity contribution in [3.8, 4) is 5.75 Å². The van der Waals surface area contributed by atoms with E-state index in [0.717, 1.165) is 11.1 Å². The molecule has 0 radical (unpaired) electrons. The number of carbonyl (C=O) groups is 1. The lowest BCUT2D eigenvalue weighted by molar-refractivity contribution is 0.100. The molecule has 0 aliphatic carbocycles. The lowest BCUT2D eigenvalue weighted by atomic mass is 9.94. The fraction of sp³-hybridized carbons (Fsp3) is 0.0741. The van der Waals surface area contributed by atoms with E-state index in [-0.39, 0.29) is 5.70 Å². The molecule has 0 aliphatic heterocycles. The van der Waals surface area contributed by atoms with Gasteiger partial charge >= 0.3 is 0 Å². The van der Waals surface area contributed by atoms with Gasteiger partial charge in [-0.3, -0.25) is 4.79 Å². The molecule has 3 N–H and O–H groups in total. The smallest absolute Gasteiger partial charge is 0.248 e. The Balaban J connectivity index is 2.40. The summed E-state index contributed by atoms with van der Waals surface area (Å²) >= 11 is 6.34. The number of carbonyl (C=O) groups excluding carboxylic acids is 1. The summed E-state index contributed by atoms with van der Waals surface area (Å²) in [4.78, 5) is 11.3. The molecule has 33 heavy (non-hydrogen) atoms. The number of benzene rings is 2. The molecule has 170 valence electrons. The minimum Gasteiger partial charge on any atom is -0.497 e. The van der Waals surface area contributed by atoms with E-state index in [4.69, 9.17) is 22.1 Å². The van der Waals surface area contributed by atoms with Crippen LogP contribution < -0.4 is 15.8 Å². The molecule has 0 heterocycles. The first-order valence-electron chi connectivity index (χ1n) is 9.93. The molecule has 6 heteroatoms. The third-order valence-electron chi connectivity index (χ3n) is 4.80. The van der Waals surface area contributed by atoms with Crippen molar-refractivity contribution in [2.24, 2.45) is 5.73 Å². The second kappa shape index (κ2) is 11.7. The van der Waals surface area contributed by atoms with Gasteiger partial charge in [0.15, 0.2) is 0 Å². The van der Waals surface area contributed by atoms with Crippen molar-refractivity contribution >= 4 is 28.8 Å². The van der Waals surface area contributed by atoms with Crippen molar-refractivity contribution in [2.45, 2.75) is 6.42 Å². The fourth-order valence-corrected chi connectivity index (χ4v) is 3.27. The van der Waals surface area contributed by atoms with Crippen LogP contribution in [0.3, 0.4) is 0 Å². The van der Waals surface area contributed by atoms with Crippen LogP contribution in [0.4, 0.5) is 10.1 Å². The second-order valence-corrected chi connectivity index (χ2v) is 7.45. The van der Waals surface area contributed by atoms with Crippen LogP contribution in [0.2, 0.25) is 5.02 Å². The van der Waals surface area contributed by atoms with Gasteiger partial charge in [0.25, 0.3) is 0 Å². The van der Waals surface area contributed by atoms with E-state index in [9.17, 15) is 4.79 Å². The summed E-state index contributed by atoms with van der Waals surface area (Å²) in [6.07, 6.45) is 4.42. The first kappa shape index (κ1) is 25.4. The van der Waals surface area contributed by atoms with E-state index in [1.807, 2.05) is 0 Å². The Kier molecular flexibility index (Phi) is 9.01. The number of anilines is 1. The number of primary amides is 1. The van der Waals surface area contributed by atoms with E-state index < -0.39 is 11.7 Å². The summed E-state index contributed by atoms with van der Waals surface area (Å²) in [5.74, 6) is -0.500. The zero-order chi connectivity index (χ0) is 24.5. The van der Waals surface area contributed by atoms with Crippen LogP contribution in [0.5, 0.6) is 5.75 Å². The number of halogens is 2. The summed E-state index contributed by atoms with van der Waals surface area (Å²) < 4.78 is 20.2. The summed E-state index contributed by atoms with van der Waals surface area (Å²) in [6.45, 7) is 15.6. The monoisotopic (exact) mass is 464 g/mol. The van der Waals surface area contributed by atoms with Crippen LogP contribution in [0.25, 0.3) is 5.57 Å². The highest BCUT2D eigenvalue weighted by Gasteiger charge is 2.16. The topological polar surface area (TPSA) is 64.3 Å². The quantitative estimate of drug-likeness (QED) is 0.352. The summed E-state index contributed by atoms with van der Waals surface area (Å²) in [5, 5.41) is 3.39. The highest BCUT2D eigenvalue weighted by molar-refractivity contribution is 6.33. The normalized spacial score (nSPS) is 11.8. The molecule has 2 rings (SSSR count). The molecular weight excluding hydrogens is 439 g/mol. The molecule has 0 aromatic heterocycles. The predicted octanol–water partition coefficient (Wildman–Crippen LogP) is 7.00. The van der Waals surface area contributed by atoms with Crippen LogP contribution in [-0.2, 0) is 0 Å². The number of methoxy groups -OCH3 is 1. The molecule has 0 aliphatic rings. The first-order chi connectivity index (χ1) is 15.7. The van der Waals surface area contributed by atoms with E-state index in [1.165, 1.54) is 25.3 Å². The first-order valence-corrected chi connectivity index (χ1v) is 10.3. The van der Waals surface area contributed by atoms with E-state index >= 15 is 4.39 Å². The molecule has 1 amide bonds. The number of ether oxygens (including phenoxy) is 1. The number of hydrogen-bond acceptors (Lipinski definition) is 3. The lowest BCUT2D eigenvalue weighted by Crippen LogP contribution is -2.10. The van der Waals surface area contributed by atoms with E-state index in [0.29, 0.717) is 39.6 Å². The Bertz CT molecular complexity index is 1160. The highest BCUT2D eigenvalue weighted by Crippen LogP contribution is 2.33. The summed E-state index contributed by atoms with van der Waals surface area (Å²) in [7, 11) is 1.53. The van der Waals surface area contributed by atoms with Crippen LogP contribution in [-0.4, -0.2) is 13.0 Å². The molecule has 2 aromatic rings. The van der Waals surface area contributed by atoms with Gasteiger partial charge in [-0.05, 0) is 53.5 Å². The molecule has 0 saturated heterocycles. The van der Waals surface area contributed by atoms with E-state index in [1.54, 1.807) is 42.5 Å². The van der Waals surface area contributed by atoms with Crippen molar-refractivity contribution in [2.75, 3.05) is 12.4 Å². The largest absolute Gasteiger partial charge is 0.497 e. The van der Waals surface area contributed by atoms with Gasteiger partial charge in [0, 0.05) is 17.2 Å². The number of hydrogen-bond donors (Lipinski definition) is 2. The minimum atomic E-state index is -0.565. The van der Waals surface area contributed by atoms with Crippen molar-refractivity contribution in [3.63, 3.8) is 0 Å². The van der Waals surface area contributed by atoms with Gasteiger partial charge in [-0.25, -0.2) is 4.39 Å². The van der Waals surface area contributed by atoms with Gasteiger partial charge in [0.2, 0.25) is 5.91 Å². The second-order valence-electron chi connectivity index (χ2n) is 7.04. The van der Waals surface area contributed by atoms with Crippen LogP contribution in [0, 0.1) is 0 Å². The van der Waals surface area contributed by atoms with Gasteiger partial charge < -0.3 is 15.8 Å². The summed E-state index contributed by atoms with van der Waals surface area (Å²) in [6, 6.07) is 11.8. The highest BCUT2D eigenvalue weighted by atomic mass is 35.5. The average molecular weight is 465 g/mol. The molecular formula is C27H26ClFN2O2. The van der Waals surface area contributed by atoms with Crippen molar-refractivity contribution in [3.05, 3.63) is 126 Å². The molecule has 0 bridgehead atoms. The Labute approximate surface area is 198 Å². The zero-order valence-electron chi connectivity index (χ0n) is 18.5. The number of amides is 1. The van der Waals surface area contributed by atoms with E-state index in [2.05, 4.69) is 31.6 Å². The minimum absolute atomic E-state index is 0.138. The zero-order valence-corrected chi connectivity index (χ0v) is 19.2.